The highest BCUT2D eigenvalue weighted by molar-refractivity contribution is 5.83. The maximum atomic E-state index is 11.4. The molecule has 17 heavy (non-hydrogen) atoms. The molecule has 2 unspecified atom stereocenters. The van der Waals surface area contributed by atoms with Gasteiger partial charge in [-0.2, -0.15) is 0 Å². The van der Waals surface area contributed by atoms with Crippen LogP contribution in [0.15, 0.2) is 0 Å². The number of hydrogen-bond acceptors (Lipinski definition) is 4. The zero-order chi connectivity index (χ0) is 13.1. The minimum Gasteiger partial charge on any atom is -0.394 e. The molecule has 0 aliphatic heterocycles. The molecule has 0 aromatic carbocycles. The monoisotopic (exact) mass is 246 g/mol. The Morgan fingerprint density at radius 1 is 1.00 bits per heavy atom. The van der Waals surface area contributed by atoms with E-state index < -0.39 is 18.8 Å². The van der Waals surface area contributed by atoms with Crippen LogP contribution in [-0.4, -0.2) is 39.9 Å². The fourth-order valence-electron chi connectivity index (χ4n) is 1.72. The first-order valence-corrected chi connectivity index (χ1v) is 6.63. The lowest BCUT2D eigenvalue weighted by Gasteiger charge is -2.13. The maximum Gasteiger partial charge on any atom is 0.164 e. The van der Waals surface area contributed by atoms with E-state index in [4.69, 9.17) is 10.2 Å². The molecule has 0 heterocycles. The molecule has 0 aliphatic carbocycles. The third-order valence-corrected chi connectivity index (χ3v) is 2.91. The molecule has 0 saturated heterocycles. The van der Waals surface area contributed by atoms with Crippen molar-refractivity contribution in [2.75, 3.05) is 6.61 Å². The molecule has 0 fully saturated rings. The van der Waals surface area contributed by atoms with Crippen LogP contribution in [0, 0.1) is 0 Å². The number of unbranched alkanes of at least 4 members (excludes halogenated alkanes) is 6. The molecule has 0 aliphatic rings. The molecule has 0 bridgehead atoms. The summed E-state index contributed by atoms with van der Waals surface area (Å²) >= 11 is 0. The van der Waals surface area contributed by atoms with Crippen molar-refractivity contribution in [3.05, 3.63) is 0 Å². The number of ketones is 1. The summed E-state index contributed by atoms with van der Waals surface area (Å²) in [5.41, 5.74) is 0. The molecule has 2 atom stereocenters. The third kappa shape index (κ3) is 8.30. The largest absolute Gasteiger partial charge is 0.394 e. The highest BCUT2D eigenvalue weighted by Gasteiger charge is 2.22. The van der Waals surface area contributed by atoms with Gasteiger partial charge in [0.15, 0.2) is 5.78 Å². The Bertz CT molecular complexity index is 194. The van der Waals surface area contributed by atoms with Gasteiger partial charge in [-0.15, -0.1) is 0 Å². The van der Waals surface area contributed by atoms with Crippen molar-refractivity contribution in [1.29, 1.82) is 0 Å². The van der Waals surface area contributed by atoms with Gasteiger partial charge in [-0.1, -0.05) is 45.4 Å². The Kier molecular flexibility index (Phi) is 10.4. The first-order valence-electron chi connectivity index (χ1n) is 6.63. The fraction of sp³-hybridized carbons (Fsp3) is 0.923. The average Bonchev–Trinajstić information content (AvgIpc) is 2.35. The summed E-state index contributed by atoms with van der Waals surface area (Å²) in [4.78, 5) is 11.4. The van der Waals surface area contributed by atoms with Gasteiger partial charge in [0.25, 0.3) is 0 Å². The number of aliphatic hydroxyl groups is 3. The van der Waals surface area contributed by atoms with Gasteiger partial charge in [0.1, 0.15) is 12.2 Å². The Morgan fingerprint density at radius 2 is 1.53 bits per heavy atom. The molecule has 0 rings (SSSR count). The molecule has 0 aromatic heterocycles. The summed E-state index contributed by atoms with van der Waals surface area (Å²) in [6, 6.07) is 0. The summed E-state index contributed by atoms with van der Waals surface area (Å²) in [5, 5.41) is 27.0. The minimum atomic E-state index is -1.43. The Labute approximate surface area is 104 Å². The van der Waals surface area contributed by atoms with E-state index in [0.29, 0.717) is 0 Å². The van der Waals surface area contributed by atoms with Gasteiger partial charge in [0, 0.05) is 6.42 Å². The summed E-state index contributed by atoms with van der Waals surface area (Å²) in [6.45, 7) is 1.59. The predicted molar refractivity (Wildman–Crippen MR) is 66.7 cm³/mol. The number of hydrogen-bond donors (Lipinski definition) is 3. The van der Waals surface area contributed by atoms with Crippen molar-refractivity contribution >= 4 is 5.78 Å². The van der Waals surface area contributed by atoms with E-state index in [1.807, 2.05) is 0 Å². The van der Waals surface area contributed by atoms with Crippen molar-refractivity contribution in [2.45, 2.75) is 70.5 Å². The van der Waals surface area contributed by atoms with Crippen LogP contribution in [0.5, 0.6) is 0 Å². The topological polar surface area (TPSA) is 77.8 Å². The van der Waals surface area contributed by atoms with Crippen LogP contribution in [0.4, 0.5) is 0 Å². The lowest BCUT2D eigenvalue weighted by atomic mass is 10.0. The van der Waals surface area contributed by atoms with Gasteiger partial charge in [0.05, 0.1) is 6.61 Å². The van der Waals surface area contributed by atoms with Crippen LogP contribution in [0.25, 0.3) is 0 Å². The first-order chi connectivity index (χ1) is 8.13. The quantitative estimate of drug-likeness (QED) is 0.482. The van der Waals surface area contributed by atoms with E-state index in [9.17, 15) is 9.90 Å². The van der Waals surface area contributed by atoms with E-state index in [1.165, 1.54) is 25.7 Å². The molecule has 4 heteroatoms. The van der Waals surface area contributed by atoms with E-state index in [1.54, 1.807) is 0 Å². The van der Waals surface area contributed by atoms with Crippen LogP contribution >= 0.6 is 0 Å². The number of carbonyl (C=O) groups excluding carboxylic acids is 1. The average molecular weight is 246 g/mol. The molecule has 0 aromatic rings. The molecule has 0 amide bonds. The fourth-order valence-corrected chi connectivity index (χ4v) is 1.72. The molecule has 0 saturated carbocycles. The van der Waals surface area contributed by atoms with Gasteiger partial charge in [-0.3, -0.25) is 4.79 Å². The summed E-state index contributed by atoms with van der Waals surface area (Å²) in [7, 11) is 0. The van der Waals surface area contributed by atoms with Crippen LogP contribution in [0.1, 0.15) is 58.3 Å². The highest BCUT2D eigenvalue weighted by Crippen LogP contribution is 2.10. The molecular weight excluding hydrogens is 220 g/mol. The Balaban J connectivity index is 3.45. The lowest BCUT2D eigenvalue weighted by Crippen LogP contribution is -2.36. The number of Topliss-reactive ketones (excluding diaryl/α,β-unsaturated/α-hetero) is 1. The maximum absolute atomic E-state index is 11.4. The van der Waals surface area contributed by atoms with Crippen molar-refractivity contribution < 1.29 is 20.1 Å². The number of rotatable bonds is 11. The lowest BCUT2D eigenvalue weighted by molar-refractivity contribution is -0.134. The van der Waals surface area contributed by atoms with Crippen LogP contribution in [0.3, 0.4) is 0 Å². The second kappa shape index (κ2) is 10.7. The molecule has 4 nitrogen and oxygen atoms in total. The molecule has 0 radical (unpaired) electrons. The molecule has 102 valence electrons. The molecule has 3 N–H and O–H groups in total. The van der Waals surface area contributed by atoms with Gasteiger partial charge in [-0.25, -0.2) is 0 Å². The minimum absolute atomic E-state index is 0.284. The predicted octanol–water partition coefficient (Wildman–Crippen LogP) is 1.41. The van der Waals surface area contributed by atoms with E-state index in [-0.39, 0.29) is 12.2 Å². The Hall–Kier alpha value is -0.450. The number of aliphatic hydroxyl groups excluding tert-OH is 3. The van der Waals surface area contributed by atoms with Crippen LogP contribution < -0.4 is 0 Å². The zero-order valence-corrected chi connectivity index (χ0v) is 10.8. The van der Waals surface area contributed by atoms with Crippen LogP contribution in [-0.2, 0) is 4.79 Å². The van der Waals surface area contributed by atoms with Crippen molar-refractivity contribution in [2.24, 2.45) is 0 Å². The third-order valence-electron chi connectivity index (χ3n) is 2.91. The standard InChI is InChI=1S/C13H26O4/c1-2-3-4-5-6-7-8-9-11(15)13(17)12(16)10-14/h12-14,16-17H,2-10H2,1H3. The van der Waals surface area contributed by atoms with E-state index in [2.05, 4.69) is 6.92 Å². The van der Waals surface area contributed by atoms with Crippen LogP contribution in [0.2, 0.25) is 0 Å². The van der Waals surface area contributed by atoms with Gasteiger partial charge in [0.2, 0.25) is 0 Å². The van der Waals surface area contributed by atoms with Crippen molar-refractivity contribution in [3.63, 3.8) is 0 Å². The first kappa shape index (κ1) is 16.6. The van der Waals surface area contributed by atoms with Gasteiger partial charge >= 0.3 is 0 Å². The summed E-state index contributed by atoms with van der Waals surface area (Å²) in [5.74, 6) is -0.375. The molecular formula is C13H26O4. The number of carbonyl (C=O) groups is 1. The smallest absolute Gasteiger partial charge is 0.164 e. The second-order valence-electron chi connectivity index (χ2n) is 4.53. The summed E-state index contributed by atoms with van der Waals surface area (Å²) in [6.07, 6.45) is 5.30. The van der Waals surface area contributed by atoms with Crippen molar-refractivity contribution in [1.82, 2.24) is 0 Å². The Morgan fingerprint density at radius 3 is 2.06 bits per heavy atom. The van der Waals surface area contributed by atoms with Gasteiger partial charge in [-0.05, 0) is 6.42 Å². The SMILES string of the molecule is CCCCCCCCCC(=O)C(O)C(O)CO. The van der Waals surface area contributed by atoms with Gasteiger partial charge < -0.3 is 15.3 Å². The molecule has 0 spiro atoms. The second-order valence-corrected chi connectivity index (χ2v) is 4.53. The normalized spacial score (nSPS) is 14.6. The zero-order valence-electron chi connectivity index (χ0n) is 10.8. The van der Waals surface area contributed by atoms with E-state index >= 15 is 0 Å². The highest BCUT2D eigenvalue weighted by atomic mass is 16.4. The summed E-state index contributed by atoms with van der Waals surface area (Å²) < 4.78 is 0. The van der Waals surface area contributed by atoms with E-state index in [0.717, 1.165) is 19.3 Å². The van der Waals surface area contributed by atoms with Crippen molar-refractivity contribution in [3.8, 4) is 0 Å².